The SMILES string of the molecule is C=CCCCCP(=O)(CCCCC=C)C(C#CC)C(=O)O. The van der Waals surface area contributed by atoms with Crippen LogP contribution in [0, 0.1) is 11.8 Å². The van der Waals surface area contributed by atoms with Gasteiger partial charge in [-0.05, 0) is 45.4 Å². The molecule has 118 valence electrons. The summed E-state index contributed by atoms with van der Waals surface area (Å²) in [4.78, 5) is 11.4. The lowest BCUT2D eigenvalue weighted by molar-refractivity contribution is -0.135. The van der Waals surface area contributed by atoms with Gasteiger partial charge in [-0.25, -0.2) is 0 Å². The molecule has 0 fully saturated rings. The summed E-state index contributed by atoms with van der Waals surface area (Å²) < 4.78 is 13.1. The Labute approximate surface area is 128 Å². The Morgan fingerprint density at radius 3 is 1.95 bits per heavy atom. The van der Waals surface area contributed by atoms with Crippen LogP contribution in [0.3, 0.4) is 0 Å². The van der Waals surface area contributed by atoms with Crippen molar-refractivity contribution in [3.63, 3.8) is 0 Å². The number of unbranched alkanes of at least 4 members (excludes halogenated alkanes) is 4. The van der Waals surface area contributed by atoms with Crippen molar-refractivity contribution in [3.05, 3.63) is 25.3 Å². The van der Waals surface area contributed by atoms with E-state index in [1.165, 1.54) is 0 Å². The van der Waals surface area contributed by atoms with E-state index in [4.69, 9.17) is 0 Å². The number of aliphatic carboxylic acids is 1. The van der Waals surface area contributed by atoms with E-state index in [9.17, 15) is 14.5 Å². The van der Waals surface area contributed by atoms with Crippen molar-refractivity contribution in [1.82, 2.24) is 0 Å². The molecule has 0 aromatic rings. The van der Waals surface area contributed by atoms with Crippen LogP contribution >= 0.6 is 7.14 Å². The summed E-state index contributed by atoms with van der Waals surface area (Å²) in [6.45, 7) is 8.92. The number of hydrogen-bond donors (Lipinski definition) is 1. The molecule has 0 saturated carbocycles. The summed E-state index contributed by atoms with van der Waals surface area (Å²) in [5, 5.41) is 9.34. The van der Waals surface area contributed by atoms with Crippen molar-refractivity contribution < 1.29 is 14.5 Å². The molecule has 0 aliphatic rings. The topological polar surface area (TPSA) is 54.4 Å². The zero-order valence-electron chi connectivity index (χ0n) is 13.0. The number of carboxylic acids is 1. The molecular weight excluding hydrogens is 283 g/mol. The molecule has 1 N–H and O–H groups in total. The van der Waals surface area contributed by atoms with Gasteiger partial charge in [0.1, 0.15) is 7.14 Å². The summed E-state index contributed by atoms with van der Waals surface area (Å²) in [5.41, 5.74) is -1.02. The molecule has 0 aliphatic carbocycles. The average molecular weight is 310 g/mol. The minimum atomic E-state index is -2.82. The Balaban J connectivity index is 4.88. The van der Waals surface area contributed by atoms with E-state index in [-0.39, 0.29) is 0 Å². The summed E-state index contributed by atoms with van der Waals surface area (Å²) in [6.07, 6.45) is 9.63. The predicted molar refractivity (Wildman–Crippen MR) is 90.3 cm³/mol. The summed E-state index contributed by atoms with van der Waals surface area (Å²) in [5.74, 6) is 4.22. The molecule has 0 aliphatic heterocycles. The van der Waals surface area contributed by atoms with Crippen molar-refractivity contribution in [2.45, 2.75) is 51.1 Å². The normalized spacial score (nSPS) is 12.0. The van der Waals surface area contributed by atoms with Crippen LogP contribution in [0.25, 0.3) is 0 Å². The van der Waals surface area contributed by atoms with Crippen LogP contribution in [-0.4, -0.2) is 29.1 Å². The first-order valence-electron chi connectivity index (χ1n) is 7.46. The zero-order valence-corrected chi connectivity index (χ0v) is 13.9. The van der Waals surface area contributed by atoms with Crippen molar-refractivity contribution >= 4 is 13.1 Å². The number of carbonyl (C=O) groups is 1. The smallest absolute Gasteiger partial charge is 0.326 e. The van der Waals surface area contributed by atoms with Crippen molar-refractivity contribution in [2.24, 2.45) is 0 Å². The van der Waals surface area contributed by atoms with Gasteiger partial charge < -0.3 is 9.67 Å². The highest BCUT2D eigenvalue weighted by atomic mass is 31.2. The third kappa shape index (κ3) is 7.93. The van der Waals surface area contributed by atoms with Crippen LogP contribution in [0.2, 0.25) is 0 Å². The molecule has 0 aromatic heterocycles. The Hall–Kier alpha value is -1.26. The van der Waals surface area contributed by atoms with E-state index in [1.54, 1.807) is 6.92 Å². The second-order valence-corrected chi connectivity index (χ2v) is 8.42. The minimum Gasteiger partial charge on any atom is -0.480 e. The molecule has 21 heavy (non-hydrogen) atoms. The first kappa shape index (κ1) is 19.7. The van der Waals surface area contributed by atoms with Crippen LogP contribution in [0.5, 0.6) is 0 Å². The molecule has 0 radical (unpaired) electrons. The van der Waals surface area contributed by atoms with E-state index in [2.05, 4.69) is 25.0 Å². The van der Waals surface area contributed by atoms with Gasteiger partial charge in [-0.15, -0.1) is 19.1 Å². The highest BCUT2D eigenvalue weighted by Crippen LogP contribution is 2.52. The van der Waals surface area contributed by atoms with Gasteiger partial charge in [0.2, 0.25) is 0 Å². The molecule has 0 amide bonds. The Morgan fingerprint density at radius 2 is 1.62 bits per heavy atom. The van der Waals surface area contributed by atoms with Gasteiger partial charge >= 0.3 is 5.97 Å². The minimum absolute atomic E-state index is 0.459. The van der Waals surface area contributed by atoms with E-state index < -0.39 is 18.8 Å². The van der Waals surface area contributed by atoms with Crippen molar-refractivity contribution in [3.8, 4) is 11.8 Å². The number of allylic oxidation sites excluding steroid dienone is 2. The predicted octanol–water partition coefficient (Wildman–Crippen LogP) is 4.54. The largest absolute Gasteiger partial charge is 0.480 e. The second-order valence-electron chi connectivity index (χ2n) is 5.10. The summed E-state index contributed by atoms with van der Waals surface area (Å²) >= 11 is 0. The van der Waals surface area contributed by atoms with E-state index in [0.717, 1.165) is 38.5 Å². The lowest BCUT2D eigenvalue weighted by Gasteiger charge is -2.21. The van der Waals surface area contributed by atoms with Crippen LogP contribution in [0.4, 0.5) is 0 Å². The van der Waals surface area contributed by atoms with E-state index in [0.29, 0.717) is 12.3 Å². The first-order chi connectivity index (χ1) is 10.0. The number of carboxylic acid groups (broad SMARTS) is 1. The van der Waals surface area contributed by atoms with Gasteiger partial charge in [0.05, 0.1) is 0 Å². The molecular formula is C17H27O3P. The van der Waals surface area contributed by atoms with Crippen LogP contribution in [0.15, 0.2) is 25.3 Å². The Bertz CT molecular complexity index is 423. The molecule has 0 heterocycles. The van der Waals surface area contributed by atoms with E-state index >= 15 is 0 Å². The molecule has 0 aromatic carbocycles. The lowest BCUT2D eigenvalue weighted by atomic mass is 10.2. The quantitative estimate of drug-likeness (QED) is 0.249. The lowest BCUT2D eigenvalue weighted by Crippen LogP contribution is -2.22. The molecule has 1 atom stereocenters. The summed E-state index contributed by atoms with van der Waals surface area (Å²) in [7, 11) is -2.82. The van der Waals surface area contributed by atoms with E-state index in [1.807, 2.05) is 12.2 Å². The first-order valence-corrected chi connectivity index (χ1v) is 9.61. The zero-order chi connectivity index (χ0) is 16.1. The van der Waals surface area contributed by atoms with Crippen LogP contribution in [-0.2, 0) is 9.36 Å². The van der Waals surface area contributed by atoms with Gasteiger partial charge in [0, 0.05) is 12.3 Å². The maximum atomic E-state index is 13.1. The third-order valence-electron chi connectivity index (χ3n) is 3.38. The third-order valence-corrected chi connectivity index (χ3v) is 6.81. The van der Waals surface area contributed by atoms with Gasteiger partial charge in [-0.2, -0.15) is 0 Å². The Morgan fingerprint density at radius 1 is 1.14 bits per heavy atom. The number of hydrogen-bond acceptors (Lipinski definition) is 2. The van der Waals surface area contributed by atoms with Gasteiger partial charge in [-0.1, -0.05) is 18.1 Å². The standard InChI is InChI=1S/C17H27O3P/c1-4-7-9-11-14-21(20,15-12-10-8-5-2)16(13-6-3)17(18)19/h4-5,16H,1-2,7-12,14-15H2,3H3,(H,18,19). The molecule has 0 saturated heterocycles. The van der Waals surface area contributed by atoms with Gasteiger partial charge in [0.15, 0.2) is 5.66 Å². The molecule has 0 bridgehead atoms. The molecule has 4 heteroatoms. The molecule has 3 nitrogen and oxygen atoms in total. The van der Waals surface area contributed by atoms with Crippen molar-refractivity contribution in [1.29, 1.82) is 0 Å². The van der Waals surface area contributed by atoms with Crippen LogP contribution in [0.1, 0.15) is 45.4 Å². The maximum Gasteiger partial charge on any atom is 0.326 e. The highest BCUT2D eigenvalue weighted by Gasteiger charge is 2.36. The molecule has 1 unspecified atom stereocenters. The molecule has 0 spiro atoms. The van der Waals surface area contributed by atoms with Crippen molar-refractivity contribution in [2.75, 3.05) is 12.3 Å². The average Bonchev–Trinajstić information content (AvgIpc) is 2.45. The van der Waals surface area contributed by atoms with Gasteiger partial charge in [-0.3, -0.25) is 4.79 Å². The highest BCUT2D eigenvalue weighted by molar-refractivity contribution is 7.65. The van der Waals surface area contributed by atoms with Crippen LogP contribution < -0.4 is 0 Å². The summed E-state index contributed by atoms with van der Waals surface area (Å²) in [6, 6.07) is 0. The fourth-order valence-corrected chi connectivity index (χ4v) is 5.25. The number of rotatable bonds is 12. The fourth-order valence-electron chi connectivity index (χ4n) is 2.22. The maximum absolute atomic E-state index is 13.1. The Kier molecular flexibility index (Phi) is 10.7. The fraction of sp³-hybridized carbons (Fsp3) is 0.588. The molecule has 0 rings (SSSR count). The monoisotopic (exact) mass is 310 g/mol. The van der Waals surface area contributed by atoms with Gasteiger partial charge in [0.25, 0.3) is 0 Å². The second kappa shape index (κ2) is 11.4.